The smallest absolute Gasteiger partial charge is 0.312 e. The van der Waals surface area contributed by atoms with Gasteiger partial charge in [0.05, 0.1) is 5.92 Å². The number of carboxylic acids is 1. The topological polar surface area (TPSA) is 83.6 Å². The summed E-state index contributed by atoms with van der Waals surface area (Å²) in [7, 11) is 0. The fourth-order valence-corrected chi connectivity index (χ4v) is 1.36. The summed E-state index contributed by atoms with van der Waals surface area (Å²) in [5, 5.41) is 17.3. The van der Waals surface area contributed by atoms with Crippen molar-refractivity contribution in [2.45, 2.75) is 5.92 Å². The molecule has 4 N–H and O–H groups in total. The molecule has 1 rings (SSSR count). The van der Waals surface area contributed by atoms with Crippen LogP contribution in [0.4, 0.5) is 4.39 Å². The van der Waals surface area contributed by atoms with Crippen molar-refractivity contribution < 1.29 is 19.4 Å². The van der Waals surface area contributed by atoms with Gasteiger partial charge in [0.15, 0.2) is 0 Å². The number of phenolic OH excluding ortho intramolecular Hbond substituents is 1. The number of nitrogens with two attached hydrogens (primary N) is 1. The van der Waals surface area contributed by atoms with Crippen molar-refractivity contribution in [1.82, 2.24) is 0 Å². The van der Waals surface area contributed by atoms with E-state index in [4.69, 9.17) is 27.5 Å². The summed E-state index contributed by atoms with van der Waals surface area (Å²) in [6, 6.07) is 2.29. The zero-order valence-electron chi connectivity index (χ0n) is 7.58. The van der Waals surface area contributed by atoms with Crippen LogP contribution in [0.15, 0.2) is 12.1 Å². The van der Waals surface area contributed by atoms with Crippen molar-refractivity contribution in [3.63, 3.8) is 0 Å². The summed E-state index contributed by atoms with van der Waals surface area (Å²) in [6.45, 7) is -0.243. The van der Waals surface area contributed by atoms with Gasteiger partial charge in [-0.15, -0.1) is 0 Å². The second-order valence-electron chi connectivity index (χ2n) is 2.93. The first-order valence-corrected chi connectivity index (χ1v) is 4.46. The zero-order chi connectivity index (χ0) is 11.6. The standard InChI is InChI=1S/C9H9ClFNO3/c10-7-6(13)2-1-4(8(7)11)5(3-12)9(14)15/h1-2,5,13H,3,12H2,(H,14,15). The first kappa shape index (κ1) is 11.7. The molecule has 6 heteroatoms. The molecule has 0 aromatic heterocycles. The molecule has 1 atom stereocenters. The third-order valence-corrected chi connectivity index (χ3v) is 2.36. The minimum absolute atomic E-state index is 0.132. The quantitative estimate of drug-likeness (QED) is 0.735. The molecule has 0 saturated carbocycles. The van der Waals surface area contributed by atoms with Crippen molar-refractivity contribution in [2.75, 3.05) is 6.54 Å². The van der Waals surface area contributed by atoms with Crippen molar-refractivity contribution >= 4 is 17.6 Å². The highest BCUT2D eigenvalue weighted by Gasteiger charge is 2.23. The number of hydrogen-bond acceptors (Lipinski definition) is 3. The molecule has 4 nitrogen and oxygen atoms in total. The lowest BCUT2D eigenvalue weighted by Gasteiger charge is -2.12. The number of halogens is 2. The Morgan fingerprint density at radius 2 is 2.20 bits per heavy atom. The predicted octanol–water partition coefficient (Wildman–Crippen LogP) is 1.31. The molecule has 0 spiro atoms. The van der Waals surface area contributed by atoms with Crippen LogP contribution in [-0.2, 0) is 4.79 Å². The number of aliphatic carboxylic acids is 1. The van der Waals surface area contributed by atoms with E-state index in [1.165, 1.54) is 0 Å². The molecule has 0 heterocycles. The Morgan fingerprint density at radius 3 is 2.67 bits per heavy atom. The highest BCUT2D eigenvalue weighted by molar-refractivity contribution is 6.32. The average Bonchev–Trinajstić information content (AvgIpc) is 2.18. The molecule has 0 aliphatic carbocycles. The summed E-state index contributed by atoms with van der Waals surface area (Å²) < 4.78 is 13.4. The predicted molar refractivity (Wildman–Crippen MR) is 52.5 cm³/mol. The van der Waals surface area contributed by atoms with E-state index in [0.717, 1.165) is 12.1 Å². The second kappa shape index (κ2) is 4.46. The van der Waals surface area contributed by atoms with Crippen molar-refractivity contribution in [1.29, 1.82) is 0 Å². The van der Waals surface area contributed by atoms with E-state index in [2.05, 4.69) is 0 Å². The fraction of sp³-hybridized carbons (Fsp3) is 0.222. The molecule has 0 aliphatic heterocycles. The Hall–Kier alpha value is -1.33. The molecule has 82 valence electrons. The van der Waals surface area contributed by atoms with E-state index in [9.17, 15) is 9.18 Å². The number of hydrogen-bond donors (Lipinski definition) is 3. The Labute approximate surface area is 90.1 Å². The van der Waals surface area contributed by atoms with Crippen LogP contribution in [0.25, 0.3) is 0 Å². The fourth-order valence-electron chi connectivity index (χ4n) is 1.18. The third-order valence-electron chi connectivity index (χ3n) is 2.00. The third kappa shape index (κ3) is 2.19. The van der Waals surface area contributed by atoms with Crippen molar-refractivity contribution in [3.05, 3.63) is 28.5 Å². The van der Waals surface area contributed by atoms with Crippen LogP contribution in [0.3, 0.4) is 0 Å². The van der Waals surface area contributed by atoms with E-state index in [1.807, 2.05) is 0 Å². The maximum absolute atomic E-state index is 13.4. The second-order valence-corrected chi connectivity index (χ2v) is 3.31. The lowest BCUT2D eigenvalue weighted by Crippen LogP contribution is -2.22. The molecule has 0 bridgehead atoms. The molecule has 0 aliphatic rings. The highest BCUT2D eigenvalue weighted by Crippen LogP contribution is 2.31. The van der Waals surface area contributed by atoms with Crippen molar-refractivity contribution in [2.24, 2.45) is 5.73 Å². The average molecular weight is 234 g/mol. The molecular formula is C9H9ClFNO3. The number of rotatable bonds is 3. The van der Waals surface area contributed by atoms with E-state index in [-0.39, 0.29) is 12.1 Å². The van der Waals surface area contributed by atoms with Gasteiger partial charge in [0, 0.05) is 12.1 Å². The molecule has 1 aromatic carbocycles. The molecule has 1 aromatic rings. The molecule has 0 saturated heterocycles. The SMILES string of the molecule is NCC(C(=O)O)c1ccc(O)c(Cl)c1F. The lowest BCUT2D eigenvalue weighted by atomic mass is 9.99. The Balaban J connectivity index is 3.25. The van der Waals surface area contributed by atoms with Gasteiger partial charge in [0.1, 0.15) is 16.6 Å². The van der Waals surface area contributed by atoms with Gasteiger partial charge in [-0.3, -0.25) is 4.79 Å². The zero-order valence-corrected chi connectivity index (χ0v) is 8.33. The minimum atomic E-state index is -1.24. The van der Waals surface area contributed by atoms with Crippen LogP contribution in [-0.4, -0.2) is 22.7 Å². The van der Waals surface area contributed by atoms with Crippen LogP contribution in [0, 0.1) is 5.82 Å². The Bertz CT molecular complexity index is 397. The largest absolute Gasteiger partial charge is 0.506 e. The van der Waals surface area contributed by atoms with Crippen LogP contribution in [0.2, 0.25) is 5.02 Å². The van der Waals surface area contributed by atoms with Crippen LogP contribution in [0.5, 0.6) is 5.75 Å². The normalized spacial score (nSPS) is 12.5. The van der Waals surface area contributed by atoms with E-state index in [0.29, 0.717) is 0 Å². The van der Waals surface area contributed by atoms with Gasteiger partial charge in [-0.1, -0.05) is 17.7 Å². The van der Waals surface area contributed by atoms with E-state index < -0.39 is 28.5 Å². The maximum Gasteiger partial charge on any atom is 0.312 e. The highest BCUT2D eigenvalue weighted by atomic mass is 35.5. The van der Waals surface area contributed by atoms with E-state index >= 15 is 0 Å². The van der Waals surface area contributed by atoms with Gasteiger partial charge < -0.3 is 15.9 Å². The summed E-state index contributed by atoms with van der Waals surface area (Å²) in [5.41, 5.74) is 5.08. The van der Waals surface area contributed by atoms with Crippen molar-refractivity contribution in [3.8, 4) is 5.75 Å². The maximum atomic E-state index is 13.4. The van der Waals surface area contributed by atoms with Gasteiger partial charge >= 0.3 is 5.97 Å². The van der Waals surface area contributed by atoms with Gasteiger partial charge in [0.25, 0.3) is 0 Å². The lowest BCUT2D eigenvalue weighted by molar-refractivity contribution is -0.138. The first-order chi connectivity index (χ1) is 6.99. The van der Waals surface area contributed by atoms with E-state index in [1.54, 1.807) is 0 Å². The summed E-state index contributed by atoms with van der Waals surface area (Å²) in [4.78, 5) is 10.7. The van der Waals surface area contributed by atoms with Crippen LogP contribution < -0.4 is 5.73 Å². The minimum Gasteiger partial charge on any atom is -0.506 e. The van der Waals surface area contributed by atoms with Gasteiger partial charge in [-0.05, 0) is 6.07 Å². The van der Waals surface area contributed by atoms with Gasteiger partial charge in [-0.25, -0.2) is 4.39 Å². The molecular weight excluding hydrogens is 225 g/mol. The molecule has 0 radical (unpaired) electrons. The number of aromatic hydroxyl groups is 1. The van der Waals surface area contributed by atoms with Crippen LogP contribution in [0.1, 0.15) is 11.5 Å². The number of benzene rings is 1. The summed E-state index contributed by atoms with van der Waals surface area (Å²) in [6.07, 6.45) is 0. The number of phenols is 1. The molecule has 15 heavy (non-hydrogen) atoms. The molecule has 1 unspecified atom stereocenters. The Kier molecular flexibility index (Phi) is 3.49. The molecule has 0 amide bonds. The summed E-state index contributed by atoms with van der Waals surface area (Å²) >= 11 is 5.43. The number of carboxylic acid groups (broad SMARTS) is 1. The molecule has 0 fully saturated rings. The summed E-state index contributed by atoms with van der Waals surface area (Å²) in [5.74, 6) is -3.78. The monoisotopic (exact) mass is 233 g/mol. The van der Waals surface area contributed by atoms with Gasteiger partial charge in [0.2, 0.25) is 0 Å². The first-order valence-electron chi connectivity index (χ1n) is 4.08. The Morgan fingerprint density at radius 1 is 1.60 bits per heavy atom. The number of carbonyl (C=O) groups is 1. The van der Waals surface area contributed by atoms with Crippen LogP contribution >= 0.6 is 11.6 Å². The van der Waals surface area contributed by atoms with Gasteiger partial charge in [-0.2, -0.15) is 0 Å².